The van der Waals surface area contributed by atoms with E-state index in [2.05, 4.69) is 5.32 Å². The van der Waals surface area contributed by atoms with Crippen LogP contribution in [0, 0.1) is 0 Å². The van der Waals surface area contributed by atoms with E-state index in [4.69, 9.17) is 32.7 Å². The lowest BCUT2D eigenvalue weighted by atomic mass is 10.1. The Morgan fingerprint density at radius 1 is 0.906 bits per heavy atom. The number of halogens is 2. The Labute approximate surface area is 193 Å². The number of benzene rings is 3. The number of nitrogens with zero attached hydrogens (tertiary/aromatic N) is 1. The number of rotatable bonds is 5. The molecule has 0 unspecified atom stereocenters. The van der Waals surface area contributed by atoms with Gasteiger partial charge in [-0.05, 0) is 36.4 Å². The second-order valence-corrected chi connectivity index (χ2v) is 7.72. The van der Waals surface area contributed by atoms with Gasteiger partial charge in [-0.15, -0.1) is 0 Å². The van der Waals surface area contributed by atoms with Crippen LogP contribution in [0.15, 0.2) is 71.7 Å². The van der Waals surface area contributed by atoms with Gasteiger partial charge in [-0.25, -0.2) is 0 Å². The lowest BCUT2D eigenvalue weighted by molar-refractivity contribution is 0.102. The van der Waals surface area contributed by atoms with Crippen LogP contribution in [-0.4, -0.2) is 24.7 Å². The summed E-state index contributed by atoms with van der Waals surface area (Å²) in [4.78, 5) is 26.4. The molecule has 6 nitrogen and oxygen atoms in total. The highest BCUT2D eigenvalue weighted by Crippen LogP contribution is 2.36. The minimum absolute atomic E-state index is 0.246. The van der Waals surface area contributed by atoms with Crippen molar-refractivity contribution in [3.05, 3.63) is 92.8 Å². The second-order valence-electron chi connectivity index (χ2n) is 6.88. The maximum absolute atomic E-state index is 13.3. The summed E-state index contributed by atoms with van der Waals surface area (Å²) in [6.07, 6.45) is 1.51. The van der Waals surface area contributed by atoms with E-state index in [1.54, 1.807) is 60.7 Å². The van der Waals surface area contributed by atoms with E-state index in [1.807, 2.05) is 0 Å². The minimum Gasteiger partial charge on any atom is -0.495 e. The highest BCUT2D eigenvalue weighted by molar-refractivity contribution is 6.32. The maximum atomic E-state index is 13.3. The average Bonchev–Trinajstić information content (AvgIpc) is 2.80. The molecule has 0 aliphatic heterocycles. The monoisotopic (exact) mass is 468 g/mol. The van der Waals surface area contributed by atoms with Gasteiger partial charge in [0.05, 0.1) is 30.5 Å². The van der Waals surface area contributed by atoms with Crippen molar-refractivity contribution >= 4 is 45.6 Å². The molecule has 0 atom stereocenters. The Bertz CT molecular complexity index is 1380. The number of carbonyl (C=O) groups excluding carboxylic acids is 1. The topological polar surface area (TPSA) is 69.6 Å². The first-order valence-electron chi connectivity index (χ1n) is 9.56. The molecule has 0 saturated heterocycles. The molecule has 1 heterocycles. The van der Waals surface area contributed by atoms with E-state index in [0.717, 1.165) is 0 Å². The summed E-state index contributed by atoms with van der Waals surface area (Å²) in [7, 11) is 2.97. The van der Waals surface area contributed by atoms with Crippen molar-refractivity contribution < 1.29 is 14.3 Å². The highest BCUT2D eigenvalue weighted by Gasteiger charge is 2.18. The van der Waals surface area contributed by atoms with Gasteiger partial charge in [0.2, 0.25) is 0 Å². The molecule has 4 aromatic rings. The number of anilines is 1. The molecule has 1 N–H and O–H groups in total. The standard InChI is InChI=1S/C24H18Cl2N2O4/c1-31-21-12-22(32-2)20(11-19(21)26)27-23(29)18-13-28(15-9-7-14(25)8-10-15)24(30)17-6-4-3-5-16(17)18/h3-13H,1-2H3,(H,27,29). The number of carbonyl (C=O) groups is 1. The fourth-order valence-electron chi connectivity index (χ4n) is 3.41. The molecular weight excluding hydrogens is 451 g/mol. The summed E-state index contributed by atoms with van der Waals surface area (Å²) in [6.45, 7) is 0. The van der Waals surface area contributed by atoms with Crippen LogP contribution >= 0.6 is 23.2 Å². The van der Waals surface area contributed by atoms with Gasteiger partial charge >= 0.3 is 0 Å². The van der Waals surface area contributed by atoms with Gasteiger partial charge in [0.25, 0.3) is 11.5 Å². The third kappa shape index (κ3) is 4.02. The van der Waals surface area contributed by atoms with Crippen molar-refractivity contribution in [2.45, 2.75) is 0 Å². The fourth-order valence-corrected chi connectivity index (χ4v) is 3.78. The van der Waals surface area contributed by atoms with E-state index in [9.17, 15) is 9.59 Å². The van der Waals surface area contributed by atoms with E-state index in [-0.39, 0.29) is 5.56 Å². The lowest BCUT2D eigenvalue weighted by Crippen LogP contribution is -2.22. The van der Waals surface area contributed by atoms with Crippen LogP contribution in [0.25, 0.3) is 16.5 Å². The van der Waals surface area contributed by atoms with Crippen molar-refractivity contribution in [3.8, 4) is 17.2 Å². The number of aromatic nitrogens is 1. The molecule has 4 rings (SSSR count). The zero-order valence-corrected chi connectivity index (χ0v) is 18.7. The first kappa shape index (κ1) is 21.7. The average molecular weight is 469 g/mol. The fraction of sp³-hybridized carbons (Fsp3) is 0.0833. The molecule has 1 aromatic heterocycles. The van der Waals surface area contributed by atoms with Crippen molar-refractivity contribution in [1.82, 2.24) is 4.57 Å². The van der Waals surface area contributed by atoms with Gasteiger partial charge in [0.1, 0.15) is 11.5 Å². The van der Waals surface area contributed by atoms with Gasteiger partial charge in [0, 0.05) is 33.7 Å². The van der Waals surface area contributed by atoms with Gasteiger partial charge in [0.15, 0.2) is 0 Å². The Morgan fingerprint density at radius 2 is 1.56 bits per heavy atom. The molecule has 0 aliphatic rings. The second kappa shape index (κ2) is 8.94. The molecule has 32 heavy (non-hydrogen) atoms. The molecule has 162 valence electrons. The molecule has 0 radical (unpaired) electrons. The van der Waals surface area contributed by atoms with E-state index in [0.29, 0.717) is 49.3 Å². The van der Waals surface area contributed by atoms with Crippen LogP contribution < -0.4 is 20.3 Å². The van der Waals surface area contributed by atoms with Crippen LogP contribution in [-0.2, 0) is 0 Å². The van der Waals surface area contributed by atoms with Crippen LogP contribution in [0.3, 0.4) is 0 Å². The predicted octanol–water partition coefficient (Wildman–Crippen LogP) is 5.57. The first-order chi connectivity index (χ1) is 15.4. The van der Waals surface area contributed by atoms with Crippen molar-refractivity contribution in [2.24, 2.45) is 0 Å². The van der Waals surface area contributed by atoms with Crippen molar-refractivity contribution in [1.29, 1.82) is 0 Å². The molecule has 0 saturated carbocycles. The number of hydrogen-bond donors (Lipinski definition) is 1. The Balaban J connectivity index is 1.85. The van der Waals surface area contributed by atoms with Crippen LogP contribution in [0.4, 0.5) is 5.69 Å². The van der Waals surface area contributed by atoms with E-state index < -0.39 is 5.91 Å². The summed E-state index contributed by atoms with van der Waals surface area (Å²) in [5.41, 5.74) is 1.02. The van der Waals surface area contributed by atoms with Crippen LogP contribution in [0.5, 0.6) is 11.5 Å². The number of pyridine rings is 1. The number of methoxy groups -OCH3 is 2. The normalized spacial score (nSPS) is 10.8. The molecule has 0 spiro atoms. The van der Waals surface area contributed by atoms with E-state index >= 15 is 0 Å². The zero-order chi connectivity index (χ0) is 22.8. The number of fused-ring (bicyclic) bond motifs is 1. The summed E-state index contributed by atoms with van der Waals surface area (Å²) < 4.78 is 12.0. The number of hydrogen-bond acceptors (Lipinski definition) is 4. The maximum Gasteiger partial charge on any atom is 0.262 e. The summed E-state index contributed by atoms with van der Waals surface area (Å²) in [5, 5.41) is 4.63. The SMILES string of the molecule is COc1cc(OC)c(NC(=O)c2cn(-c3ccc(Cl)cc3)c(=O)c3ccccc23)cc1Cl. The number of nitrogens with one attached hydrogen (secondary N) is 1. The van der Waals surface area contributed by atoms with Gasteiger partial charge in [-0.3, -0.25) is 14.2 Å². The highest BCUT2D eigenvalue weighted by atomic mass is 35.5. The summed E-state index contributed by atoms with van der Waals surface area (Å²) in [6, 6.07) is 16.9. The molecule has 0 aliphatic carbocycles. The van der Waals surface area contributed by atoms with Crippen LogP contribution in [0.2, 0.25) is 10.0 Å². The van der Waals surface area contributed by atoms with Crippen molar-refractivity contribution in [3.63, 3.8) is 0 Å². The Hall–Kier alpha value is -3.48. The Morgan fingerprint density at radius 3 is 2.22 bits per heavy atom. The predicted molar refractivity (Wildman–Crippen MR) is 127 cm³/mol. The minimum atomic E-state index is -0.427. The summed E-state index contributed by atoms with van der Waals surface area (Å²) >= 11 is 12.2. The third-order valence-corrected chi connectivity index (χ3v) is 5.54. The van der Waals surface area contributed by atoms with Gasteiger partial charge in [-0.2, -0.15) is 0 Å². The molecule has 0 bridgehead atoms. The molecule has 3 aromatic carbocycles. The third-order valence-electron chi connectivity index (χ3n) is 5.00. The molecular formula is C24H18Cl2N2O4. The molecule has 0 fully saturated rings. The quantitative estimate of drug-likeness (QED) is 0.415. The molecule has 8 heteroatoms. The smallest absolute Gasteiger partial charge is 0.262 e. The number of amides is 1. The van der Waals surface area contributed by atoms with Crippen molar-refractivity contribution in [2.75, 3.05) is 19.5 Å². The molecule has 1 amide bonds. The van der Waals surface area contributed by atoms with Crippen LogP contribution in [0.1, 0.15) is 10.4 Å². The first-order valence-corrected chi connectivity index (χ1v) is 10.3. The summed E-state index contributed by atoms with van der Waals surface area (Å²) in [5.74, 6) is 0.377. The van der Waals surface area contributed by atoms with E-state index in [1.165, 1.54) is 25.0 Å². The number of ether oxygens (including phenoxy) is 2. The zero-order valence-electron chi connectivity index (χ0n) is 17.2. The lowest BCUT2D eigenvalue weighted by Gasteiger charge is -2.15. The Kier molecular flexibility index (Phi) is 6.08. The van der Waals surface area contributed by atoms with Gasteiger partial charge < -0.3 is 14.8 Å². The largest absolute Gasteiger partial charge is 0.495 e. The van der Waals surface area contributed by atoms with Gasteiger partial charge in [-0.1, -0.05) is 41.4 Å².